The minimum atomic E-state index is -4.44. The molecule has 2 aromatic carbocycles. The summed E-state index contributed by atoms with van der Waals surface area (Å²) in [6.07, 6.45) is -2.82. The van der Waals surface area contributed by atoms with Crippen molar-refractivity contribution in [1.82, 2.24) is 15.1 Å². The third-order valence-corrected chi connectivity index (χ3v) is 4.91. The number of alkyl halides is 4. The average molecular weight is 430 g/mol. The van der Waals surface area contributed by atoms with Crippen LogP contribution in [0.3, 0.4) is 0 Å². The summed E-state index contributed by atoms with van der Waals surface area (Å²) < 4.78 is 45.5. The van der Waals surface area contributed by atoms with Crippen LogP contribution >= 0.6 is 11.6 Å². The quantitative estimate of drug-likeness (QED) is 0.346. The molecule has 0 saturated carbocycles. The lowest BCUT2D eigenvalue weighted by Gasteiger charge is -2.14. The highest BCUT2D eigenvalue weighted by atomic mass is 35.5. The molecule has 0 atom stereocenters. The summed E-state index contributed by atoms with van der Waals surface area (Å²) in [5.74, 6) is 0.911. The van der Waals surface area contributed by atoms with Gasteiger partial charge in [-0.25, -0.2) is 0 Å². The number of halogens is 4. The molecule has 4 aromatic rings. The number of hydrogen-bond acceptors (Lipinski definition) is 4. The molecule has 0 saturated heterocycles. The van der Waals surface area contributed by atoms with Gasteiger partial charge in [0.05, 0.1) is 17.1 Å². The number of pyridine rings is 1. The molecule has 0 unspecified atom stereocenters. The highest BCUT2D eigenvalue weighted by molar-refractivity contribution is 6.16. The van der Waals surface area contributed by atoms with Crippen molar-refractivity contribution in [3.63, 3.8) is 0 Å². The molecule has 0 aliphatic carbocycles. The van der Waals surface area contributed by atoms with Crippen LogP contribution in [0.1, 0.15) is 16.8 Å². The molecule has 4 rings (SSSR count). The van der Waals surface area contributed by atoms with Gasteiger partial charge in [0.25, 0.3) is 5.89 Å². The van der Waals surface area contributed by atoms with Crippen LogP contribution in [0.15, 0.2) is 65.3 Å². The van der Waals surface area contributed by atoms with Crippen LogP contribution in [0.5, 0.6) is 0 Å². The number of hydrogen-bond donors (Lipinski definition) is 0. The Morgan fingerprint density at radius 2 is 1.77 bits per heavy atom. The number of aryl methyl sites for hydroxylation is 1. The fraction of sp³-hybridized carbons (Fsp3) is 0.136. The third-order valence-electron chi connectivity index (χ3n) is 4.63. The topological polar surface area (TPSA) is 51.8 Å². The summed E-state index contributed by atoms with van der Waals surface area (Å²) in [6.45, 7) is 1.75. The van der Waals surface area contributed by atoms with E-state index in [1.165, 1.54) is 12.1 Å². The van der Waals surface area contributed by atoms with Crippen molar-refractivity contribution in [1.29, 1.82) is 0 Å². The molecule has 0 bridgehead atoms. The lowest BCUT2D eigenvalue weighted by Crippen LogP contribution is -2.07. The van der Waals surface area contributed by atoms with Gasteiger partial charge in [-0.1, -0.05) is 29.4 Å². The fourth-order valence-corrected chi connectivity index (χ4v) is 3.36. The van der Waals surface area contributed by atoms with Gasteiger partial charge in [0.15, 0.2) is 0 Å². The van der Waals surface area contributed by atoms with Gasteiger partial charge in [-0.05, 0) is 53.9 Å². The van der Waals surface area contributed by atoms with E-state index in [0.717, 1.165) is 6.07 Å². The zero-order valence-electron chi connectivity index (χ0n) is 15.7. The van der Waals surface area contributed by atoms with Gasteiger partial charge in [-0.3, -0.25) is 4.98 Å². The molecule has 0 aliphatic rings. The first-order valence-corrected chi connectivity index (χ1v) is 9.53. The lowest BCUT2D eigenvalue weighted by atomic mass is 9.94. The van der Waals surface area contributed by atoms with Crippen molar-refractivity contribution in [2.75, 3.05) is 0 Å². The molecule has 0 amide bonds. The molecule has 30 heavy (non-hydrogen) atoms. The highest BCUT2D eigenvalue weighted by Crippen LogP contribution is 2.38. The van der Waals surface area contributed by atoms with Crippen molar-refractivity contribution in [2.24, 2.45) is 0 Å². The predicted molar refractivity (Wildman–Crippen MR) is 108 cm³/mol. The average Bonchev–Trinajstić information content (AvgIpc) is 3.23. The van der Waals surface area contributed by atoms with E-state index in [2.05, 4.69) is 15.1 Å². The van der Waals surface area contributed by atoms with E-state index in [1.54, 1.807) is 49.5 Å². The van der Waals surface area contributed by atoms with Crippen LogP contribution < -0.4 is 0 Å². The number of nitrogens with zero attached hydrogens (tertiary/aromatic N) is 3. The van der Waals surface area contributed by atoms with Crippen LogP contribution in [-0.2, 0) is 12.1 Å². The maximum Gasteiger partial charge on any atom is 0.417 e. The molecule has 0 N–H and O–H groups in total. The molecule has 0 fully saturated rings. The van der Waals surface area contributed by atoms with Crippen LogP contribution in [0.2, 0.25) is 0 Å². The van der Waals surface area contributed by atoms with E-state index in [1.807, 2.05) is 0 Å². The molecule has 0 radical (unpaired) electrons. The zero-order valence-corrected chi connectivity index (χ0v) is 16.5. The molecule has 152 valence electrons. The van der Waals surface area contributed by atoms with Gasteiger partial charge in [-0.2, -0.15) is 18.2 Å². The smallest absolute Gasteiger partial charge is 0.334 e. The monoisotopic (exact) mass is 429 g/mol. The van der Waals surface area contributed by atoms with E-state index >= 15 is 0 Å². The van der Waals surface area contributed by atoms with Crippen LogP contribution in [0, 0.1) is 6.92 Å². The van der Waals surface area contributed by atoms with Crippen molar-refractivity contribution < 1.29 is 17.7 Å². The van der Waals surface area contributed by atoms with E-state index in [0.29, 0.717) is 33.8 Å². The van der Waals surface area contributed by atoms with Gasteiger partial charge in [0.1, 0.15) is 0 Å². The molecular formula is C22H15ClF3N3O. The van der Waals surface area contributed by atoms with E-state index < -0.39 is 11.7 Å². The van der Waals surface area contributed by atoms with Crippen LogP contribution in [0.4, 0.5) is 13.2 Å². The minimum Gasteiger partial charge on any atom is -0.334 e. The molecular weight excluding hydrogens is 415 g/mol. The second kappa shape index (κ2) is 7.91. The Morgan fingerprint density at radius 1 is 0.967 bits per heavy atom. The second-order valence-corrected chi connectivity index (χ2v) is 6.93. The van der Waals surface area contributed by atoms with E-state index in [4.69, 9.17) is 16.1 Å². The Kier molecular flexibility index (Phi) is 5.30. The molecule has 0 aliphatic heterocycles. The van der Waals surface area contributed by atoms with Crippen LogP contribution in [-0.4, -0.2) is 15.1 Å². The van der Waals surface area contributed by atoms with Gasteiger partial charge < -0.3 is 4.52 Å². The summed E-state index contributed by atoms with van der Waals surface area (Å²) in [4.78, 5) is 8.52. The normalized spacial score (nSPS) is 11.6. The number of rotatable bonds is 4. The molecule has 0 spiro atoms. The van der Waals surface area contributed by atoms with Crippen molar-refractivity contribution in [3.05, 3.63) is 77.6 Å². The van der Waals surface area contributed by atoms with E-state index in [-0.39, 0.29) is 17.3 Å². The Bertz CT molecular complexity index is 1200. The zero-order chi connectivity index (χ0) is 21.3. The Labute approximate surface area is 175 Å². The first-order valence-electron chi connectivity index (χ1n) is 8.99. The Balaban J connectivity index is 1.69. The van der Waals surface area contributed by atoms with Crippen LogP contribution in [0.25, 0.3) is 34.0 Å². The minimum absolute atomic E-state index is 0.130. The van der Waals surface area contributed by atoms with E-state index in [9.17, 15) is 13.2 Å². The molecule has 2 aromatic heterocycles. The maximum absolute atomic E-state index is 13.4. The number of aromatic nitrogens is 3. The first kappa shape index (κ1) is 20.1. The second-order valence-electron chi connectivity index (χ2n) is 6.67. The van der Waals surface area contributed by atoms with Gasteiger partial charge in [0, 0.05) is 17.3 Å². The summed E-state index contributed by atoms with van der Waals surface area (Å²) in [5, 5.41) is 3.99. The first-order chi connectivity index (χ1) is 14.4. The summed E-state index contributed by atoms with van der Waals surface area (Å²) in [5.41, 5.74) is 2.63. The lowest BCUT2D eigenvalue weighted by molar-refractivity contribution is -0.137. The van der Waals surface area contributed by atoms with Gasteiger partial charge in [0.2, 0.25) is 5.82 Å². The van der Waals surface area contributed by atoms with Crippen molar-refractivity contribution >= 4 is 11.6 Å². The summed E-state index contributed by atoms with van der Waals surface area (Å²) in [7, 11) is 0. The summed E-state index contributed by atoms with van der Waals surface area (Å²) in [6, 6.07) is 14.1. The molecule has 4 nitrogen and oxygen atoms in total. The van der Waals surface area contributed by atoms with Gasteiger partial charge in [-0.15, -0.1) is 11.6 Å². The standard InChI is InChI=1S/C22H15ClF3N3O/c1-13-10-15(6-7-17(13)18-4-2-3-5-19(18)22(24,25)26)21-28-20(29-30-21)14-8-9-27-16(11-14)12-23/h2-11H,12H2,1H3. The van der Waals surface area contributed by atoms with Gasteiger partial charge >= 0.3 is 6.18 Å². The summed E-state index contributed by atoms with van der Waals surface area (Å²) >= 11 is 5.81. The third kappa shape index (κ3) is 3.93. The predicted octanol–water partition coefficient (Wildman–Crippen LogP) is 6.53. The SMILES string of the molecule is Cc1cc(-c2nc(-c3ccnc(CCl)c3)no2)ccc1-c1ccccc1C(F)(F)F. The van der Waals surface area contributed by atoms with Crippen molar-refractivity contribution in [2.45, 2.75) is 19.0 Å². The number of benzene rings is 2. The maximum atomic E-state index is 13.4. The van der Waals surface area contributed by atoms with Crippen molar-refractivity contribution in [3.8, 4) is 34.0 Å². The largest absolute Gasteiger partial charge is 0.417 e. The Hall–Kier alpha value is -3.19. The molecule has 2 heterocycles. The highest BCUT2D eigenvalue weighted by Gasteiger charge is 2.33. The fourth-order valence-electron chi connectivity index (χ4n) is 3.21. The Morgan fingerprint density at radius 3 is 2.50 bits per heavy atom. The molecule has 8 heteroatoms.